The second-order valence-electron chi connectivity index (χ2n) is 6.22. The van der Waals surface area contributed by atoms with Crippen molar-refractivity contribution in [1.82, 2.24) is 4.31 Å². The predicted molar refractivity (Wildman–Crippen MR) is 115 cm³/mol. The molecule has 2 aromatic carbocycles. The first-order chi connectivity index (χ1) is 13.9. The molecule has 1 aliphatic rings. The van der Waals surface area contributed by atoms with E-state index in [0.29, 0.717) is 18.7 Å². The van der Waals surface area contributed by atoms with E-state index >= 15 is 0 Å². The van der Waals surface area contributed by atoms with Crippen LogP contribution in [0.5, 0.6) is 0 Å². The fourth-order valence-corrected chi connectivity index (χ4v) is 4.74. The first kappa shape index (κ1) is 21.3. The number of sulfonamides is 1. The van der Waals surface area contributed by atoms with Crippen molar-refractivity contribution in [3.8, 4) is 0 Å². The molecule has 0 bridgehead atoms. The highest BCUT2D eigenvalue weighted by Gasteiger charge is 2.26. The molecule has 0 unspecified atom stereocenters. The summed E-state index contributed by atoms with van der Waals surface area (Å²) in [4.78, 5) is 17.8. The molecule has 0 fully saturated rings. The highest BCUT2D eigenvalue weighted by Crippen LogP contribution is 2.22. The van der Waals surface area contributed by atoms with Crippen LogP contribution in [0.15, 0.2) is 69.0 Å². The van der Waals surface area contributed by atoms with Crippen LogP contribution in [0.3, 0.4) is 0 Å². The molecule has 0 aromatic heterocycles. The fourth-order valence-electron chi connectivity index (χ4n) is 2.87. The highest BCUT2D eigenvalue weighted by atomic mass is 32.2. The minimum Gasteiger partial charge on any atom is -0.402 e. The lowest BCUT2D eigenvalue weighted by Crippen LogP contribution is -2.30. The summed E-state index contributed by atoms with van der Waals surface area (Å²) in [7, 11) is -3.54. The topological polar surface area (TPSA) is 76.0 Å². The van der Waals surface area contributed by atoms with E-state index < -0.39 is 16.0 Å². The molecule has 0 saturated heterocycles. The number of hydrogen-bond donors (Lipinski definition) is 0. The van der Waals surface area contributed by atoms with Crippen LogP contribution in [0.1, 0.15) is 25.0 Å². The molecule has 29 heavy (non-hydrogen) atoms. The minimum atomic E-state index is -3.54. The summed E-state index contributed by atoms with van der Waals surface area (Å²) in [6, 6.07) is 14.0. The summed E-state index contributed by atoms with van der Waals surface area (Å²) in [6.45, 7) is 4.39. The van der Waals surface area contributed by atoms with Crippen molar-refractivity contribution in [2.24, 2.45) is 4.99 Å². The fraction of sp³-hybridized carbons (Fsp3) is 0.238. The smallest absolute Gasteiger partial charge is 0.363 e. The van der Waals surface area contributed by atoms with Gasteiger partial charge in [-0.15, -0.1) is 11.8 Å². The number of thioether (sulfide) groups is 1. The van der Waals surface area contributed by atoms with Gasteiger partial charge in [0.1, 0.15) is 0 Å². The number of esters is 1. The maximum absolute atomic E-state index is 12.6. The minimum absolute atomic E-state index is 0.161. The maximum atomic E-state index is 12.6. The van der Waals surface area contributed by atoms with E-state index in [1.165, 1.54) is 16.4 Å². The summed E-state index contributed by atoms with van der Waals surface area (Å²) in [6.07, 6.45) is 3.66. The van der Waals surface area contributed by atoms with Crippen LogP contribution < -0.4 is 0 Å². The van der Waals surface area contributed by atoms with Crippen LogP contribution in [-0.2, 0) is 19.6 Å². The molecule has 0 N–H and O–H groups in total. The number of carbonyl (C=O) groups is 1. The van der Waals surface area contributed by atoms with Gasteiger partial charge in [-0.2, -0.15) is 4.31 Å². The van der Waals surface area contributed by atoms with Gasteiger partial charge in [0.2, 0.25) is 15.9 Å². The normalized spacial score (nSPS) is 15.7. The van der Waals surface area contributed by atoms with E-state index in [9.17, 15) is 13.2 Å². The Morgan fingerprint density at radius 3 is 2.21 bits per heavy atom. The molecular weight excluding hydrogens is 408 g/mol. The van der Waals surface area contributed by atoms with Gasteiger partial charge in [0, 0.05) is 23.5 Å². The molecule has 1 aliphatic heterocycles. The number of aliphatic imine (C=N–C) groups is 1. The Morgan fingerprint density at radius 1 is 1.03 bits per heavy atom. The lowest BCUT2D eigenvalue weighted by molar-refractivity contribution is -0.129. The van der Waals surface area contributed by atoms with Crippen LogP contribution >= 0.6 is 11.8 Å². The molecule has 0 aliphatic carbocycles. The molecule has 0 radical (unpaired) electrons. The molecule has 6 nitrogen and oxygen atoms in total. The van der Waals surface area contributed by atoms with E-state index in [-0.39, 0.29) is 16.5 Å². The summed E-state index contributed by atoms with van der Waals surface area (Å²) in [5.74, 6) is -0.373. The van der Waals surface area contributed by atoms with Crippen LogP contribution in [0, 0.1) is 0 Å². The average Bonchev–Trinajstić information content (AvgIpc) is 3.09. The van der Waals surface area contributed by atoms with Gasteiger partial charge >= 0.3 is 5.97 Å². The summed E-state index contributed by atoms with van der Waals surface area (Å²) in [5.41, 5.74) is 1.59. The molecular formula is C21H22N2O4S2. The van der Waals surface area contributed by atoms with Gasteiger partial charge in [0.15, 0.2) is 5.70 Å². The molecule has 3 rings (SSSR count). The zero-order valence-corrected chi connectivity index (χ0v) is 18.1. The Bertz CT molecular complexity index is 1050. The number of nitrogens with zero attached hydrogens (tertiary/aromatic N) is 2. The van der Waals surface area contributed by atoms with E-state index in [1.807, 2.05) is 30.5 Å². The van der Waals surface area contributed by atoms with E-state index in [0.717, 1.165) is 10.5 Å². The Hall–Kier alpha value is -2.42. The van der Waals surface area contributed by atoms with Gasteiger partial charge in [0.25, 0.3) is 0 Å². The van der Waals surface area contributed by atoms with Gasteiger partial charge in [0.05, 0.1) is 4.90 Å². The zero-order valence-electron chi connectivity index (χ0n) is 16.5. The largest absolute Gasteiger partial charge is 0.402 e. The van der Waals surface area contributed by atoms with Crippen LogP contribution in [-0.4, -0.2) is 43.9 Å². The molecule has 152 valence electrons. The van der Waals surface area contributed by atoms with Crippen molar-refractivity contribution >= 4 is 39.7 Å². The number of carbonyl (C=O) groups excluding carboxylic acids is 1. The lowest BCUT2D eigenvalue weighted by atomic mass is 10.2. The Kier molecular flexibility index (Phi) is 6.56. The molecule has 0 saturated carbocycles. The van der Waals surface area contributed by atoms with Crippen molar-refractivity contribution in [3.63, 3.8) is 0 Å². The van der Waals surface area contributed by atoms with Crippen LogP contribution in [0.25, 0.3) is 6.08 Å². The zero-order chi connectivity index (χ0) is 21.0. The number of rotatable bonds is 7. The summed E-state index contributed by atoms with van der Waals surface area (Å²) in [5, 5.41) is 0. The summed E-state index contributed by atoms with van der Waals surface area (Å²) < 4.78 is 31.8. The summed E-state index contributed by atoms with van der Waals surface area (Å²) >= 11 is 1.64. The average molecular weight is 431 g/mol. The molecule has 8 heteroatoms. The Balaban J connectivity index is 1.84. The standard InChI is InChI=1S/C21H22N2O4S2/c1-4-23(5-2)29(25,26)18-12-8-16(9-13-18)20-22-19(21(24)27-20)14-15-6-10-17(28-3)11-7-15/h6-14H,4-5H2,1-3H3/b19-14-. The number of ether oxygens (including phenoxy) is 1. The SMILES string of the molecule is CCN(CC)S(=O)(=O)c1ccc(C2=N/C(=C\c3ccc(SC)cc3)C(=O)O2)cc1. The monoisotopic (exact) mass is 430 g/mol. The first-order valence-electron chi connectivity index (χ1n) is 9.16. The Labute approximate surface area is 175 Å². The van der Waals surface area contributed by atoms with Crippen molar-refractivity contribution in [1.29, 1.82) is 0 Å². The van der Waals surface area contributed by atoms with Crippen molar-refractivity contribution in [2.75, 3.05) is 19.3 Å². The van der Waals surface area contributed by atoms with Crippen molar-refractivity contribution in [3.05, 3.63) is 65.4 Å². The predicted octanol–water partition coefficient (Wildman–Crippen LogP) is 3.78. The van der Waals surface area contributed by atoms with Gasteiger partial charge in [-0.3, -0.25) is 0 Å². The van der Waals surface area contributed by atoms with Gasteiger partial charge < -0.3 is 4.74 Å². The molecule has 2 aromatic rings. The lowest BCUT2D eigenvalue weighted by Gasteiger charge is -2.18. The quantitative estimate of drug-likeness (QED) is 0.380. The van der Waals surface area contributed by atoms with Crippen LogP contribution in [0.2, 0.25) is 0 Å². The molecule has 0 spiro atoms. The van der Waals surface area contributed by atoms with Crippen molar-refractivity contribution < 1.29 is 17.9 Å². The van der Waals surface area contributed by atoms with Gasteiger partial charge in [-0.1, -0.05) is 26.0 Å². The number of benzene rings is 2. The maximum Gasteiger partial charge on any atom is 0.363 e. The van der Waals surface area contributed by atoms with Gasteiger partial charge in [-0.05, 0) is 54.3 Å². The van der Waals surface area contributed by atoms with Gasteiger partial charge in [-0.25, -0.2) is 18.2 Å². The Morgan fingerprint density at radius 2 is 1.66 bits per heavy atom. The number of hydrogen-bond acceptors (Lipinski definition) is 6. The number of cyclic esters (lactones) is 1. The van der Waals surface area contributed by atoms with E-state index in [2.05, 4.69) is 4.99 Å². The van der Waals surface area contributed by atoms with E-state index in [4.69, 9.17) is 4.74 Å². The first-order valence-corrected chi connectivity index (χ1v) is 11.8. The van der Waals surface area contributed by atoms with E-state index in [1.54, 1.807) is 43.8 Å². The highest BCUT2D eigenvalue weighted by molar-refractivity contribution is 7.98. The molecule has 0 amide bonds. The molecule has 1 heterocycles. The molecule has 0 atom stereocenters. The second kappa shape index (κ2) is 8.94. The van der Waals surface area contributed by atoms with Crippen molar-refractivity contribution in [2.45, 2.75) is 23.6 Å². The third-order valence-electron chi connectivity index (χ3n) is 4.48. The third kappa shape index (κ3) is 4.60. The second-order valence-corrected chi connectivity index (χ2v) is 9.04. The van der Waals surface area contributed by atoms with Crippen LogP contribution in [0.4, 0.5) is 0 Å². The third-order valence-corrected chi connectivity index (χ3v) is 7.29.